The minimum Gasteiger partial charge on any atom is -0.352 e. The standard InChI is InChI=1S/C11H20N2OS.ClH/c1-8(9-4-2-3-5-9)13-11(14)10-6-15-7-12-10;/h8-10,12H,2-7H2,1H3,(H,13,14);1H/t8?,10-;/m1./s1. The Bertz CT molecular complexity index is 228. The lowest BCUT2D eigenvalue weighted by molar-refractivity contribution is -0.123. The van der Waals surface area contributed by atoms with Crippen LogP contribution in [0, 0.1) is 5.92 Å². The Morgan fingerprint density at radius 1 is 1.44 bits per heavy atom. The molecule has 5 heteroatoms. The highest BCUT2D eigenvalue weighted by Crippen LogP contribution is 2.27. The summed E-state index contributed by atoms with van der Waals surface area (Å²) in [6.07, 6.45) is 5.24. The van der Waals surface area contributed by atoms with Crippen molar-refractivity contribution in [1.29, 1.82) is 0 Å². The van der Waals surface area contributed by atoms with E-state index in [0.717, 1.165) is 11.6 Å². The monoisotopic (exact) mass is 264 g/mol. The van der Waals surface area contributed by atoms with Gasteiger partial charge in [-0.2, -0.15) is 0 Å². The van der Waals surface area contributed by atoms with Crippen molar-refractivity contribution in [3.8, 4) is 0 Å². The molecule has 2 aliphatic rings. The quantitative estimate of drug-likeness (QED) is 0.816. The average Bonchev–Trinajstić information content (AvgIpc) is 2.91. The van der Waals surface area contributed by atoms with E-state index in [2.05, 4.69) is 17.6 Å². The van der Waals surface area contributed by atoms with Crippen molar-refractivity contribution < 1.29 is 4.79 Å². The summed E-state index contributed by atoms with van der Waals surface area (Å²) in [7, 11) is 0. The van der Waals surface area contributed by atoms with Gasteiger partial charge in [0.25, 0.3) is 0 Å². The minimum atomic E-state index is 0. The van der Waals surface area contributed by atoms with E-state index in [4.69, 9.17) is 0 Å². The molecular formula is C11H21ClN2OS. The summed E-state index contributed by atoms with van der Waals surface area (Å²) in [6, 6.07) is 0.395. The number of amides is 1. The SMILES string of the molecule is CC(NC(=O)[C@H]1CSCN1)C1CCCC1.Cl. The second-order valence-corrected chi connectivity index (χ2v) is 5.64. The second-order valence-electron chi connectivity index (χ2n) is 4.61. The molecule has 0 radical (unpaired) electrons. The van der Waals surface area contributed by atoms with Crippen LogP contribution in [0.15, 0.2) is 0 Å². The van der Waals surface area contributed by atoms with Gasteiger partial charge < -0.3 is 5.32 Å². The Morgan fingerprint density at radius 2 is 2.12 bits per heavy atom. The van der Waals surface area contributed by atoms with Crippen LogP contribution in [0.25, 0.3) is 0 Å². The molecule has 0 aromatic carbocycles. The van der Waals surface area contributed by atoms with Gasteiger partial charge in [0.05, 0.1) is 6.04 Å². The van der Waals surface area contributed by atoms with E-state index in [0.29, 0.717) is 12.0 Å². The molecule has 1 saturated carbocycles. The topological polar surface area (TPSA) is 41.1 Å². The Kier molecular flexibility index (Phi) is 5.94. The number of carbonyl (C=O) groups is 1. The first kappa shape index (κ1) is 14.1. The molecule has 16 heavy (non-hydrogen) atoms. The number of thioether (sulfide) groups is 1. The lowest BCUT2D eigenvalue weighted by Gasteiger charge is -2.22. The van der Waals surface area contributed by atoms with Gasteiger partial charge in [0.1, 0.15) is 0 Å². The number of carbonyl (C=O) groups excluding carboxylic acids is 1. The summed E-state index contributed by atoms with van der Waals surface area (Å²) in [4.78, 5) is 11.8. The molecule has 3 nitrogen and oxygen atoms in total. The summed E-state index contributed by atoms with van der Waals surface area (Å²) < 4.78 is 0. The van der Waals surface area contributed by atoms with Gasteiger partial charge in [0.2, 0.25) is 5.91 Å². The van der Waals surface area contributed by atoms with Gasteiger partial charge in [-0.25, -0.2) is 0 Å². The van der Waals surface area contributed by atoms with Crippen LogP contribution in [-0.2, 0) is 4.79 Å². The highest BCUT2D eigenvalue weighted by molar-refractivity contribution is 7.99. The van der Waals surface area contributed by atoms with Crippen molar-refractivity contribution in [3.63, 3.8) is 0 Å². The van der Waals surface area contributed by atoms with Gasteiger partial charge in [-0.05, 0) is 25.7 Å². The van der Waals surface area contributed by atoms with Crippen molar-refractivity contribution in [2.24, 2.45) is 5.92 Å². The molecule has 2 rings (SSSR count). The zero-order valence-electron chi connectivity index (χ0n) is 9.70. The normalized spacial score (nSPS) is 27.4. The molecule has 1 aliphatic heterocycles. The minimum absolute atomic E-state index is 0. The fraction of sp³-hybridized carbons (Fsp3) is 0.909. The molecule has 1 saturated heterocycles. The van der Waals surface area contributed by atoms with Gasteiger partial charge in [-0.3, -0.25) is 10.1 Å². The molecule has 0 aromatic rings. The lowest BCUT2D eigenvalue weighted by atomic mass is 9.99. The number of hydrogen-bond acceptors (Lipinski definition) is 3. The third kappa shape index (κ3) is 3.54. The molecule has 1 aliphatic carbocycles. The van der Waals surface area contributed by atoms with E-state index in [1.165, 1.54) is 25.7 Å². The van der Waals surface area contributed by atoms with Crippen LogP contribution in [-0.4, -0.2) is 29.6 Å². The van der Waals surface area contributed by atoms with Crippen LogP contribution in [0.4, 0.5) is 0 Å². The van der Waals surface area contributed by atoms with Gasteiger partial charge >= 0.3 is 0 Å². The molecule has 1 heterocycles. The summed E-state index contributed by atoms with van der Waals surface area (Å²) >= 11 is 1.80. The second kappa shape index (κ2) is 6.72. The van der Waals surface area contributed by atoms with Crippen molar-refractivity contribution in [1.82, 2.24) is 10.6 Å². The summed E-state index contributed by atoms with van der Waals surface area (Å²) in [5.74, 6) is 2.74. The molecule has 1 amide bonds. The molecule has 2 fully saturated rings. The van der Waals surface area contributed by atoms with E-state index in [9.17, 15) is 4.79 Å². The summed E-state index contributed by atoms with van der Waals surface area (Å²) in [5, 5.41) is 6.35. The number of halogens is 1. The number of hydrogen-bond donors (Lipinski definition) is 2. The molecule has 2 N–H and O–H groups in total. The highest BCUT2D eigenvalue weighted by Gasteiger charge is 2.27. The first-order valence-electron chi connectivity index (χ1n) is 5.89. The fourth-order valence-corrected chi connectivity index (χ4v) is 3.41. The molecule has 1 unspecified atom stereocenters. The smallest absolute Gasteiger partial charge is 0.238 e. The third-order valence-electron chi connectivity index (χ3n) is 3.51. The van der Waals surface area contributed by atoms with Crippen molar-refractivity contribution in [2.75, 3.05) is 11.6 Å². The van der Waals surface area contributed by atoms with E-state index in [1.807, 2.05) is 0 Å². The van der Waals surface area contributed by atoms with E-state index in [-0.39, 0.29) is 24.4 Å². The van der Waals surface area contributed by atoms with E-state index >= 15 is 0 Å². The van der Waals surface area contributed by atoms with Gasteiger partial charge in [0.15, 0.2) is 0 Å². The average molecular weight is 265 g/mol. The zero-order chi connectivity index (χ0) is 10.7. The van der Waals surface area contributed by atoms with Crippen molar-refractivity contribution >= 4 is 30.1 Å². The van der Waals surface area contributed by atoms with Crippen LogP contribution in [0.2, 0.25) is 0 Å². The third-order valence-corrected chi connectivity index (χ3v) is 4.45. The van der Waals surface area contributed by atoms with Crippen LogP contribution in [0.3, 0.4) is 0 Å². The number of rotatable bonds is 3. The summed E-state index contributed by atoms with van der Waals surface area (Å²) in [5.41, 5.74) is 0. The first-order chi connectivity index (χ1) is 7.27. The largest absolute Gasteiger partial charge is 0.352 e. The van der Waals surface area contributed by atoms with Gasteiger partial charge in [-0.1, -0.05) is 12.8 Å². The highest BCUT2D eigenvalue weighted by atomic mass is 35.5. The first-order valence-corrected chi connectivity index (χ1v) is 7.04. The van der Waals surface area contributed by atoms with Crippen molar-refractivity contribution in [3.05, 3.63) is 0 Å². The van der Waals surface area contributed by atoms with Crippen LogP contribution >= 0.6 is 24.2 Å². The maximum absolute atomic E-state index is 11.8. The maximum atomic E-state index is 11.8. The Morgan fingerprint density at radius 3 is 2.69 bits per heavy atom. The predicted octanol–water partition coefficient (Wildman–Crippen LogP) is 1.77. The fourth-order valence-electron chi connectivity index (χ4n) is 2.46. The van der Waals surface area contributed by atoms with Crippen LogP contribution in [0.5, 0.6) is 0 Å². The van der Waals surface area contributed by atoms with E-state index in [1.54, 1.807) is 11.8 Å². The molecule has 0 bridgehead atoms. The Balaban J connectivity index is 0.00000128. The Hall–Kier alpha value is 0.0700. The molecule has 94 valence electrons. The van der Waals surface area contributed by atoms with Gasteiger partial charge in [-0.15, -0.1) is 24.2 Å². The number of nitrogens with one attached hydrogen (secondary N) is 2. The maximum Gasteiger partial charge on any atom is 0.238 e. The zero-order valence-corrected chi connectivity index (χ0v) is 11.3. The predicted molar refractivity (Wildman–Crippen MR) is 71.1 cm³/mol. The van der Waals surface area contributed by atoms with Gasteiger partial charge in [0, 0.05) is 17.7 Å². The molecule has 0 spiro atoms. The molecular weight excluding hydrogens is 244 g/mol. The van der Waals surface area contributed by atoms with Crippen molar-refractivity contribution in [2.45, 2.75) is 44.7 Å². The summed E-state index contributed by atoms with van der Waals surface area (Å²) in [6.45, 7) is 2.15. The molecule has 2 atom stereocenters. The van der Waals surface area contributed by atoms with Crippen LogP contribution < -0.4 is 10.6 Å². The lowest BCUT2D eigenvalue weighted by Crippen LogP contribution is -2.47. The van der Waals surface area contributed by atoms with E-state index < -0.39 is 0 Å². The Labute approximate surface area is 108 Å². The van der Waals surface area contributed by atoms with Crippen LogP contribution in [0.1, 0.15) is 32.6 Å². The molecule has 0 aromatic heterocycles.